The molecule has 0 fully saturated rings. The molecule has 0 aliphatic rings. The summed E-state index contributed by atoms with van der Waals surface area (Å²) in [4.78, 5) is 11.5. The van der Waals surface area contributed by atoms with Gasteiger partial charge in [-0.2, -0.15) is 0 Å². The van der Waals surface area contributed by atoms with E-state index in [1.165, 1.54) is 0 Å². The summed E-state index contributed by atoms with van der Waals surface area (Å²) in [5.74, 6) is -0.383. The van der Waals surface area contributed by atoms with Crippen LogP contribution in [0.1, 0.15) is 31.2 Å². The van der Waals surface area contributed by atoms with Crippen molar-refractivity contribution in [2.45, 2.75) is 25.7 Å². The number of carbonyl (C=O) groups is 1. The number of aliphatic hydroxyl groups is 1. The standard InChI is InChI=1S/C13H16Cl2O3/c1-2-18-13(17)8-10(5-6-16)9-3-4-11(14)12(15)7-9/h3-4,7,10,16H,2,5-6,8H2,1H3. The molecule has 0 radical (unpaired) electrons. The number of carbonyl (C=O) groups excluding carboxylic acids is 1. The molecule has 100 valence electrons. The molecule has 0 aromatic heterocycles. The van der Waals surface area contributed by atoms with E-state index >= 15 is 0 Å². The molecule has 0 heterocycles. The Hall–Kier alpha value is -0.770. The maximum Gasteiger partial charge on any atom is 0.306 e. The van der Waals surface area contributed by atoms with Gasteiger partial charge in [-0.1, -0.05) is 29.3 Å². The van der Waals surface area contributed by atoms with Gasteiger partial charge in [0.25, 0.3) is 0 Å². The zero-order chi connectivity index (χ0) is 13.5. The molecule has 1 unspecified atom stereocenters. The second kappa shape index (κ2) is 7.62. The topological polar surface area (TPSA) is 46.5 Å². The molecule has 0 spiro atoms. The Morgan fingerprint density at radius 3 is 2.67 bits per heavy atom. The average molecular weight is 291 g/mol. The summed E-state index contributed by atoms with van der Waals surface area (Å²) >= 11 is 11.8. The van der Waals surface area contributed by atoms with Crippen molar-refractivity contribution in [2.24, 2.45) is 0 Å². The van der Waals surface area contributed by atoms with Gasteiger partial charge in [-0.3, -0.25) is 4.79 Å². The highest BCUT2D eigenvalue weighted by Gasteiger charge is 2.17. The van der Waals surface area contributed by atoms with E-state index in [9.17, 15) is 4.79 Å². The maximum absolute atomic E-state index is 11.5. The molecule has 0 saturated carbocycles. The highest BCUT2D eigenvalue weighted by atomic mass is 35.5. The molecule has 0 aliphatic carbocycles. The fraction of sp³-hybridized carbons (Fsp3) is 0.462. The Balaban J connectivity index is 2.82. The summed E-state index contributed by atoms with van der Waals surface area (Å²) in [6.07, 6.45) is 0.711. The first-order chi connectivity index (χ1) is 8.58. The van der Waals surface area contributed by atoms with Crippen LogP contribution in [0.4, 0.5) is 0 Å². The van der Waals surface area contributed by atoms with E-state index in [0.717, 1.165) is 5.56 Å². The number of ether oxygens (including phenoxy) is 1. The Labute approximate surface area is 117 Å². The zero-order valence-electron chi connectivity index (χ0n) is 10.2. The van der Waals surface area contributed by atoms with Crippen molar-refractivity contribution in [3.05, 3.63) is 33.8 Å². The fourth-order valence-electron chi connectivity index (χ4n) is 1.73. The number of hydrogen-bond donors (Lipinski definition) is 1. The van der Waals surface area contributed by atoms with E-state index in [2.05, 4.69) is 0 Å². The van der Waals surface area contributed by atoms with E-state index in [0.29, 0.717) is 23.1 Å². The molecule has 1 atom stereocenters. The lowest BCUT2D eigenvalue weighted by molar-refractivity contribution is -0.143. The Kier molecular flexibility index (Phi) is 6.47. The smallest absolute Gasteiger partial charge is 0.306 e. The summed E-state index contributed by atoms with van der Waals surface area (Å²) < 4.78 is 4.91. The van der Waals surface area contributed by atoms with Gasteiger partial charge in [-0.05, 0) is 37.0 Å². The second-order valence-corrected chi connectivity index (χ2v) is 4.71. The van der Waals surface area contributed by atoms with E-state index in [4.69, 9.17) is 33.0 Å². The highest BCUT2D eigenvalue weighted by molar-refractivity contribution is 6.42. The molecule has 18 heavy (non-hydrogen) atoms. The van der Waals surface area contributed by atoms with E-state index in [1.54, 1.807) is 19.1 Å². The molecule has 0 saturated heterocycles. The summed E-state index contributed by atoms with van der Waals surface area (Å²) in [5.41, 5.74) is 0.881. The molecule has 1 aromatic carbocycles. The molecule has 5 heteroatoms. The van der Waals surface area contributed by atoms with Gasteiger partial charge in [0, 0.05) is 6.61 Å². The van der Waals surface area contributed by atoms with E-state index < -0.39 is 0 Å². The van der Waals surface area contributed by atoms with Crippen LogP contribution in [-0.4, -0.2) is 24.3 Å². The third kappa shape index (κ3) is 4.48. The van der Waals surface area contributed by atoms with Crippen molar-refractivity contribution in [3.8, 4) is 0 Å². The van der Waals surface area contributed by atoms with E-state index in [1.807, 2.05) is 6.07 Å². The fourth-order valence-corrected chi connectivity index (χ4v) is 2.04. The Bertz CT molecular complexity index is 407. The highest BCUT2D eigenvalue weighted by Crippen LogP contribution is 2.30. The molecule has 1 aromatic rings. The molecule has 0 aliphatic heterocycles. The Morgan fingerprint density at radius 2 is 2.11 bits per heavy atom. The van der Waals surface area contributed by atoms with Crippen molar-refractivity contribution < 1.29 is 14.6 Å². The van der Waals surface area contributed by atoms with Crippen LogP contribution >= 0.6 is 23.2 Å². The lowest BCUT2D eigenvalue weighted by Gasteiger charge is -2.16. The number of benzene rings is 1. The van der Waals surface area contributed by atoms with Gasteiger partial charge in [-0.15, -0.1) is 0 Å². The van der Waals surface area contributed by atoms with Crippen molar-refractivity contribution in [3.63, 3.8) is 0 Å². The van der Waals surface area contributed by atoms with Gasteiger partial charge in [-0.25, -0.2) is 0 Å². The van der Waals surface area contributed by atoms with Gasteiger partial charge < -0.3 is 9.84 Å². The van der Waals surface area contributed by atoms with Gasteiger partial charge in [0.05, 0.1) is 23.1 Å². The zero-order valence-corrected chi connectivity index (χ0v) is 11.7. The summed E-state index contributed by atoms with van der Waals surface area (Å²) in [5, 5.41) is 9.97. The normalized spacial score (nSPS) is 12.2. The Morgan fingerprint density at radius 1 is 1.39 bits per heavy atom. The largest absolute Gasteiger partial charge is 0.466 e. The predicted octanol–water partition coefficient (Wildman–Crippen LogP) is 3.41. The maximum atomic E-state index is 11.5. The van der Waals surface area contributed by atoms with Crippen LogP contribution in [0, 0.1) is 0 Å². The first kappa shape index (κ1) is 15.3. The predicted molar refractivity (Wildman–Crippen MR) is 72.2 cm³/mol. The van der Waals surface area contributed by atoms with Crippen LogP contribution in [0.3, 0.4) is 0 Å². The minimum Gasteiger partial charge on any atom is -0.466 e. The second-order valence-electron chi connectivity index (χ2n) is 3.89. The number of hydrogen-bond acceptors (Lipinski definition) is 3. The van der Waals surface area contributed by atoms with Crippen molar-refractivity contribution in [2.75, 3.05) is 13.2 Å². The van der Waals surface area contributed by atoms with Crippen LogP contribution < -0.4 is 0 Å². The SMILES string of the molecule is CCOC(=O)CC(CCO)c1ccc(Cl)c(Cl)c1. The monoisotopic (exact) mass is 290 g/mol. The lowest BCUT2D eigenvalue weighted by atomic mass is 9.93. The van der Waals surface area contributed by atoms with Crippen LogP contribution in [0.25, 0.3) is 0 Å². The van der Waals surface area contributed by atoms with Crippen LogP contribution in [0.15, 0.2) is 18.2 Å². The first-order valence-corrected chi connectivity index (χ1v) is 6.55. The first-order valence-electron chi connectivity index (χ1n) is 5.79. The third-order valence-electron chi connectivity index (χ3n) is 2.61. The number of halogens is 2. The van der Waals surface area contributed by atoms with Crippen LogP contribution in [0.5, 0.6) is 0 Å². The van der Waals surface area contributed by atoms with E-state index in [-0.39, 0.29) is 24.9 Å². The minimum atomic E-state index is -0.276. The molecule has 0 bridgehead atoms. The number of rotatable bonds is 6. The summed E-state index contributed by atoms with van der Waals surface area (Å²) in [6.45, 7) is 2.12. The molecular formula is C13H16Cl2O3. The van der Waals surface area contributed by atoms with Gasteiger partial charge in [0.15, 0.2) is 0 Å². The molecule has 0 amide bonds. The molecule has 3 nitrogen and oxygen atoms in total. The summed E-state index contributed by atoms with van der Waals surface area (Å²) in [6, 6.07) is 5.23. The van der Waals surface area contributed by atoms with Crippen molar-refractivity contribution in [1.29, 1.82) is 0 Å². The molecular weight excluding hydrogens is 275 g/mol. The molecule has 1 N–H and O–H groups in total. The van der Waals surface area contributed by atoms with Crippen molar-refractivity contribution in [1.82, 2.24) is 0 Å². The van der Waals surface area contributed by atoms with Gasteiger partial charge >= 0.3 is 5.97 Å². The molecule has 1 rings (SSSR count). The van der Waals surface area contributed by atoms with Gasteiger partial charge in [0.1, 0.15) is 0 Å². The average Bonchev–Trinajstić information content (AvgIpc) is 2.32. The minimum absolute atomic E-state index is 0.00428. The number of esters is 1. The quantitative estimate of drug-likeness (QED) is 0.817. The third-order valence-corrected chi connectivity index (χ3v) is 3.35. The lowest BCUT2D eigenvalue weighted by Crippen LogP contribution is -2.11. The van der Waals surface area contributed by atoms with Crippen molar-refractivity contribution >= 4 is 29.2 Å². The summed E-state index contributed by atoms with van der Waals surface area (Å²) in [7, 11) is 0. The van der Waals surface area contributed by atoms with Crippen LogP contribution in [0.2, 0.25) is 10.0 Å². The van der Waals surface area contributed by atoms with Crippen LogP contribution in [-0.2, 0) is 9.53 Å². The van der Waals surface area contributed by atoms with Gasteiger partial charge in [0.2, 0.25) is 0 Å². The number of aliphatic hydroxyl groups excluding tert-OH is 1.